The van der Waals surface area contributed by atoms with Crippen molar-refractivity contribution in [1.82, 2.24) is 10.6 Å². The standard InChI is InChI=1S/C11H14N2O2S/c1-8(14)12-6-7-13-11(15)9-4-2-3-5-10(9)16/h2-5,16H,6-7H2,1H3,(H,12,14)(H,13,15). The zero-order chi connectivity index (χ0) is 12.0. The average molecular weight is 238 g/mol. The number of nitrogens with one attached hydrogen (secondary N) is 2. The number of hydrogen-bond donors (Lipinski definition) is 3. The van der Waals surface area contributed by atoms with Crippen LogP contribution in [0.5, 0.6) is 0 Å². The molecule has 0 bridgehead atoms. The number of hydrogen-bond acceptors (Lipinski definition) is 3. The van der Waals surface area contributed by atoms with Crippen LogP contribution in [0.3, 0.4) is 0 Å². The van der Waals surface area contributed by atoms with Gasteiger partial charge in [-0.15, -0.1) is 12.6 Å². The minimum absolute atomic E-state index is 0.108. The number of thiol groups is 1. The van der Waals surface area contributed by atoms with E-state index in [4.69, 9.17) is 0 Å². The first-order valence-corrected chi connectivity index (χ1v) is 5.36. The van der Waals surface area contributed by atoms with Crippen LogP contribution >= 0.6 is 12.6 Å². The van der Waals surface area contributed by atoms with Gasteiger partial charge in [0.25, 0.3) is 5.91 Å². The predicted octanol–water partition coefficient (Wildman–Crippen LogP) is 0.841. The first-order chi connectivity index (χ1) is 7.61. The highest BCUT2D eigenvalue weighted by molar-refractivity contribution is 7.80. The molecule has 0 saturated heterocycles. The van der Waals surface area contributed by atoms with Gasteiger partial charge in [0.2, 0.25) is 5.91 Å². The van der Waals surface area contributed by atoms with E-state index in [1.165, 1.54) is 6.92 Å². The van der Waals surface area contributed by atoms with Crippen molar-refractivity contribution in [1.29, 1.82) is 0 Å². The monoisotopic (exact) mass is 238 g/mol. The Morgan fingerprint density at radius 3 is 2.44 bits per heavy atom. The van der Waals surface area contributed by atoms with Gasteiger partial charge in [-0.3, -0.25) is 9.59 Å². The van der Waals surface area contributed by atoms with Crippen molar-refractivity contribution in [2.24, 2.45) is 0 Å². The highest BCUT2D eigenvalue weighted by Crippen LogP contribution is 2.11. The fourth-order valence-corrected chi connectivity index (χ4v) is 1.44. The van der Waals surface area contributed by atoms with Gasteiger partial charge >= 0.3 is 0 Å². The summed E-state index contributed by atoms with van der Waals surface area (Å²) in [6.45, 7) is 2.27. The molecule has 16 heavy (non-hydrogen) atoms. The molecule has 0 fully saturated rings. The highest BCUT2D eigenvalue weighted by atomic mass is 32.1. The molecule has 0 spiro atoms. The summed E-state index contributed by atoms with van der Waals surface area (Å²) in [6, 6.07) is 7.06. The maximum atomic E-state index is 11.6. The van der Waals surface area contributed by atoms with E-state index in [1.54, 1.807) is 18.2 Å². The van der Waals surface area contributed by atoms with Crippen molar-refractivity contribution in [3.63, 3.8) is 0 Å². The molecule has 2 amide bonds. The topological polar surface area (TPSA) is 58.2 Å². The third-order valence-corrected chi connectivity index (χ3v) is 2.32. The second kappa shape index (κ2) is 6.17. The molecule has 4 nitrogen and oxygen atoms in total. The Hall–Kier alpha value is -1.49. The molecule has 0 aliphatic carbocycles. The van der Waals surface area contributed by atoms with E-state index in [0.29, 0.717) is 23.5 Å². The SMILES string of the molecule is CC(=O)NCCNC(=O)c1ccccc1S. The van der Waals surface area contributed by atoms with Crippen molar-refractivity contribution >= 4 is 24.4 Å². The molecule has 0 saturated carbocycles. The lowest BCUT2D eigenvalue weighted by Crippen LogP contribution is -2.33. The maximum Gasteiger partial charge on any atom is 0.252 e. The molecule has 0 radical (unpaired) electrons. The number of benzene rings is 1. The molecule has 0 atom stereocenters. The summed E-state index contributed by atoms with van der Waals surface area (Å²) >= 11 is 4.18. The third-order valence-electron chi connectivity index (χ3n) is 1.93. The minimum Gasteiger partial charge on any atom is -0.355 e. The summed E-state index contributed by atoms with van der Waals surface area (Å²) in [6.07, 6.45) is 0. The molecule has 0 unspecified atom stereocenters. The zero-order valence-corrected chi connectivity index (χ0v) is 9.88. The van der Waals surface area contributed by atoms with Crippen LogP contribution in [-0.2, 0) is 4.79 Å². The summed E-state index contributed by atoms with van der Waals surface area (Å²) in [7, 11) is 0. The molecule has 1 aromatic carbocycles. The van der Waals surface area contributed by atoms with Crippen LogP contribution in [-0.4, -0.2) is 24.9 Å². The molecular formula is C11H14N2O2S. The Morgan fingerprint density at radius 2 is 1.81 bits per heavy atom. The van der Waals surface area contributed by atoms with Crippen LogP contribution in [0, 0.1) is 0 Å². The Balaban J connectivity index is 2.41. The molecule has 1 aromatic rings. The van der Waals surface area contributed by atoms with Gasteiger partial charge in [-0.25, -0.2) is 0 Å². The minimum atomic E-state index is -0.184. The quantitative estimate of drug-likeness (QED) is 0.538. The molecule has 0 aliphatic rings. The lowest BCUT2D eigenvalue weighted by molar-refractivity contribution is -0.118. The fraction of sp³-hybridized carbons (Fsp3) is 0.273. The van der Waals surface area contributed by atoms with E-state index in [1.807, 2.05) is 6.07 Å². The van der Waals surface area contributed by atoms with Crippen molar-refractivity contribution in [3.05, 3.63) is 29.8 Å². The van der Waals surface area contributed by atoms with Crippen molar-refractivity contribution in [2.45, 2.75) is 11.8 Å². The van der Waals surface area contributed by atoms with Crippen LogP contribution in [0.2, 0.25) is 0 Å². The van der Waals surface area contributed by atoms with Crippen LogP contribution in [0.1, 0.15) is 17.3 Å². The molecule has 86 valence electrons. The lowest BCUT2D eigenvalue weighted by Gasteiger charge is -2.07. The smallest absolute Gasteiger partial charge is 0.252 e. The Morgan fingerprint density at radius 1 is 1.19 bits per heavy atom. The average Bonchev–Trinajstić information content (AvgIpc) is 2.24. The third kappa shape index (κ3) is 3.94. The Labute approximate surface area is 99.8 Å². The van der Waals surface area contributed by atoms with Crippen LogP contribution < -0.4 is 10.6 Å². The van der Waals surface area contributed by atoms with Gasteiger partial charge in [0.05, 0.1) is 5.56 Å². The number of amides is 2. The summed E-state index contributed by atoms with van der Waals surface area (Å²) in [5.41, 5.74) is 0.536. The first kappa shape index (κ1) is 12.6. The summed E-state index contributed by atoms with van der Waals surface area (Å²) in [4.78, 5) is 22.9. The number of rotatable bonds is 4. The second-order valence-corrected chi connectivity index (χ2v) is 3.74. The van der Waals surface area contributed by atoms with Gasteiger partial charge < -0.3 is 10.6 Å². The molecule has 0 aliphatic heterocycles. The van der Waals surface area contributed by atoms with Crippen LogP contribution in [0.25, 0.3) is 0 Å². The van der Waals surface area contributed by atoms with Gasteiger partial charge in [-0.1, -0.05) is 12.1 Å². The van der Waals surface area contributed by atoms with Crippen LogP contribution in [0.4, 0.5) is 0 Å². The summed E-state index contributed by atoms with van der Waals surface area (Å²) in [5.74, 6) is -0.292. The second-order valence-electron chi connectivity index (χ2n) is 3.26. The highest BCUT2D eigenvalue weighted by Gasteiger charge is 2.07. The van der Waals surface area contributed by atoms with Crippen molar-refractivity contribution < 1.29 is 9.59 Å². The van der Waals surface area contributed by atoms with Gasteiger partial charge in [0, 0.05) is 24.9 Å². The van der Waals surface area contributed by atoms with Gasteiger partial charge in [-0.05, 0) is 12.1 Å². The molecule has 2 N–H and O–H groups in total. The van der Waals surface area contributed by atoms with Gasteiger partial charge in [0.15, 0.2) is 0 Å². The molecular weight excluding hydrogens is 224 g/mol. The van der Waals surface area contributed by atoms with E-state index in [0.717, 1.165) is 0 Å². The van der Waals surface area contributed by atoms with Crippen molar-refractivity contribution in [2.75, 3.05) is 13.1 Å². The lowest BCUT2D eigenvalue weighted by atomic mass is 10.2. The Bertz CT molecular complexity index is 393. The zero-order valence-electron chi connectivity index (χ0n) is 8.99. The van der Waals surface area contributed by atoms with E-state index >= 15 is 0 Å². The number of carbonyl (C=O) groups excluding carboxylic acids is 2. The normalized spacial score (nSPS) is 9.62. The van der Waals surface area contributed by atoms with Crippen LogP contribution in [0.15, 0.2) is 29.2 Å². The van der Waals surface area contributed by atoms with Gasteiger partial charge in [0.1, 0.15) is 0 Å². The first-order valence-electron chi connectivity index (χ1n) is 4.92. The summed E-state index contributed by atoms with van der Waals surface area (Å²) < 4.78 is 0. The van der Waals surface area contributed by atoms with Gasteiger partial charge in [-0.2, -0.15) is 0 Å². The maximum absolute atomic E-state index is 11.6. The largest absolute Gasteiger partial charge is 0.355 e. The Kier molecular flexibility index (Phi) is 4.85. The fourth-order valence-electron chi connectivity index (χ4n) is 1.18. The van der Waals surface area contributed by atoms with E-state index in [9.17, 15) is 9.59 Å². The van der Waals surface area contributed by atoms with E-state index in [2.05, 4.69) is 23.3 Å². The predicted molar refractivity (Wildman–Crippen MR) is 64.7 cm³/mol. The molecule has 1 rings (SSSR count). The molecule has 0 heterocycles. The molecule has 0 aromatic heterocycles. The van der Waals surface area contributed by atoms with Crippen molar-refractivity contribution in [3.8, 4) is 0 Å². The molecule has 5 heteroatoms. The number of carbonyl (C=O) groups is 2. The van der Waals surface area contributed by atoms with E-state index < -0.39 is 0 Å². The van der Waals surface area contributed by atoms with E-state index in [-0.39, 0.29) is 11.8 Å². The summed E-state index contributed by atoms with van der Waals surface area (Å²) in [5, 5.41) is 5.29.